The number of fused-ring (bicyclic) bond motifs is 1. The molecule has 2 rings (SSSR count). The number of hydrogen-bond acceptors (Lipinski definition) is 2. The number of hydrogen-bond donors (Lipinski definition) is 1. The van der Waals surface area contributed by atoms with E-state index in [2.05, 4.69) is 17.0 Å². The Morgan fingerprint density at radius 2 is 2.20 bits per heavy atom. The summed E-state index contributed by atoms with van der Waals surface area (Å²) in [5, 5.41) is 0. The molecule has 1 aliphatic rings. The van der Waals surface area contributed by atoms with E-state index in [1.165, 1.54) is 12.1 Å². The summed E-state index contributed by atoms with van der Waals surface area (Å²) in [4.78, 5) is 0. The quantitative estimate of drug-likeness (QED) is 0.852. The van der Waals surface area contributed by atoms with Gasteiger partial charge in [0.25, 0.3) is 0 Å². The second-order valence-corrected chi connectivity index (χ2v) is 7.60. The van der Waals surface area contributed by atoms with Crippen LogP contribution in [-0.4, -0.2) is 15.6 Å². The van der Waals surface area contributed by atoms with E-state index >= 15 is 0 Å². The minimum Gasteiger partial charge on any atom is -0.488 e. The van der Waals surface area contributed by atoms with E-state index in [1.54, 1.807) is 6.07 Å². The van der Waals surface area contributed by atoms with E-state index < -0.39 is 21.8 Å². The third kappa shape index (κ3) is 3.01. The summed E-state index contributed by atoms with van der Waals surface area (Å²) in [6.07, 6.45) is 0. The molecule has 0 saturated heterocycles. The van der Waals surface area contributed by atoms with Crippen molar-refractivity contribution in [3.05, 3.63) is 47.5 Å². The number of halogens is 1. The maximum Gasteiger partial charge on any atom is 0.125 e. The van der Waals surface area contributed by atoms with Crippen LogP contribution in [0.1, 0.15) is 32.4 Å². The molecule has 0 spiro atoms. The van der Waals surface area contributed by atoms with Gasteiger partial charge in [-0.05, 0) is 39.0 Å². The van der Waals surface area contributed by atoms with Crippen molar-refractivity contribution in [3.8, 4) is 5.75 Å². The second kappa shape index (κ2) is 5.52. The Balaban J connectivity index is 2.41. The van der Waals surface area contributed by atoms with Gasteiger partial charge in [0, 0.05) is 11.1 Å². The molecule has 0 radical (unpaired) electrons. The molecule has 108 valence electrons. The predicted molar refractivity (Wildman–Crippen MR) is 78.3 cm³/mol. The van der Waals surface area contributed by atoms with Gasteiger partial charge in [0.2, 0.25) is 0 Å². The van der Waals surface area contributed by atoms with Gasteiger partial charge in [0.1, 0.15) is 18.2 Å². The zero-order valence-electron chi connectivity index (χ0n) is 11.8. The van der Waals surface area contributed by atoms with Crippen LogP contribution >= 0.6 is 0 Å². The first-order chi connectivity index (χ1) is 9.32. The van der Waals surface area contributed by atoms with Crippen LogP contribution in [0.3, 0.4) is 0 Å². The van der Waals surface area contributed by atoms with Crippen LogP contribution in [0.15, 0.2) is 36.1 Å². The maximum absolute atomic E-state index is 13.5. The zero-order valence-corrected chi connectivity index (χ0v) is 12.6. The Kier molecular flexibility index (Phi) is 4.14. The van der Waals surface area contributed by atoms with Crippen LogP contribution in [0.25, 0.3) is 0 Å². The van der Waals surface area contributed by atoms with Crippen LogP contribution in [-0.2, 0) is 11.0 Å². The van der Waals surface area contributed by atoms with Crippen LogP contribution in [0.4, 0.5) is 4.39 Å². The molecule has 2 atom stereocenters. The molecule has 1 heterocycles. The van der Waals surface area contributed by atoms with Gasteiger partial charge < -0.3 is 4.74 Å². The van der Waals surface area contributed by atoms with Crippen molar-refractivity contribution < 1.29 is 13.3 Å². The van der Waals surface area contributed by atoms with E-state index in [1.807, 2.05) is 20.8 Å². The Morgan fingerprint density at radius 1 is 1.50 bits per heavy atom. The number of rotatable bonds is 2. The highest BCUT2D eigenvalue weighted by Crippen LogP contribution is 2.35. The normalized spacial score (nSPS) is 19.8. The van der Waals surface area contributed by atoms with Crippen LogP contribution in [0.2, 0.25) is 0 Å². The SMILES string of the molecule is C=C=C1COc2ccc(F)cc2[C@H]1NS(=O)C(C)(C)C. The number of benzene rings is 1. The largest absolute Gasteiger partial charge is 0.488 e. The highest BCUT2D eigenvalue weighted by molar-refractivity contribution is 7.84. The third-order valence-electron chi connectivity index (χ3n) is 3.02. The van der Waals surface area contributed by atoms with Gasteiger partial charge >= 0.3 is 0 Å². The van der Waals surface area contributed by atoms with Gasteiger partial charge in [-0.3, -0.25) is 0 Å². The Hall–Kier alpha value is -1.42. The van der Waals surface area contributed by atoms with Crippen molar-refractivity contribution >= 4 is 11.0 Å². The lowest BCUT2D eigenvalue weighted by Crippen LogP contribution is -2.38. The monoisotopic (exact) mass is 295 g/mol. The van der Waals surface area contributed by atoms with Crippen LogP contribution in [0, 0.1) is 5.82 Å². The average Bonchev–Trinajstić information content (AvgIpc) is 2.38. The fourth-order valence-electron chi connectivity index (χ4n) is 1.87. The Bertz CT molecular complexity index is 600. The van der Waals surface area contributed by atoms with Gasteiger partial charge in [-0.2, -0.15) is 0 Å². The molecule has 0 saturated carbocycles. The maximum atomic E-state index is 13.5. The molecule has 20 heavy (non-hydrogen) atoms. The summed E-state index contributed by atoms with van der Waals surface area (Å²) in [6.45, 7) is 9.55. The average molecular weight is 295 g/mol. The molecule has 1 aliphatic heterocycles. The van der Waals surface area contributed by atoms with E-state index in [0.29, 0.717) is 17.9 Å². The zero-order chi connectivity index (χ0) is 14.9. The van der Waals surface area contributed by atoms with Gasteiger partial charge in [-0.1, -0.05) is 6.58 Å². The topological polar surface area (TPSA) is 38.3 Å². The molecule has 0 amide bonds. The van der Waals surface area contributed by atoms with Gasteiger partial charge in [0.05, 0.1) is 21.8 Å². The number of nitrogens with one attached hydrogen (secondary N) is 1. The first-order valence-corrected chi connectivity index (χ1v) is 7.47. The molecule has 0 aliphatic carbocycles. The smallest absolute Gasteiger partial charge is 0.125 e. The van der Waals surface area contributed by atoms with Crippen molar-refractivity contribution in [2.45, 2.75) is 31.6 Å². The fraction of sp³-hybridized carbons (Fsp3) is 0.400. The predicted octanol–water partition coefficient (Wildman–Crippen LogP) is 3.02. The standard InChI is InChI=1S/C15H18FNO2S/c1-5-10-9-19-13-7-6-11(16)8-12(13)14(10)17-20(18)15(2,3)4/h6-8,14,17H,1,9H2,2-4H3/t14-,20?/m0/s1. The van der Waals surface area contributed by atoms with E-state index in [0.717, 1.165) is 5.57 Å². The van der Waals surface area contributed by atoms with Crippen molar-refractivity contribution in [1.29, 1.82) is 0 Å². The fourth-order valence-corrected chi connectivity index (χ4v) is 2.71. The first kappa shape index (κ1) is 15.0. The molecular formula is C15H18FNO2S. The first-order valence-electron chi connectivity index (χ1n) is 6.32. The molecule has 0 aromatic heterocycles. The lowest BCUT2D eigenvalue weighted by atomic mass is 9.97. The summed E-state index contributed by atoms with van der Waals surface area (Å²) in [5.41, 5.74) is 4.14. The van der Waals surface area contributed by atoms with E-state index in [4.69, 9.17) is 4.74 Å². The van der Waals surface area contributed by atoms with Crippen molar-refractivity contribution in [1.82, 2.24) is 4.72 Å². The second-order valence-electron chi connectivity index (χ2n) is 5.60. The van der Waals surface area contributed by atoms with Crippen molar-refractivity contribution in [3.63, 3.8) is 0 Å². The van der Waals surface area contributed by atoms with Crippen LogP contribution < -0.4 is 9.46 Å². The van der Waals surface area contributed by atoms with Crippen LogP contribution in [0.5, 0.6) is 5.75 Å². The summed E-state index contributed by atoms with van der Waals surface area (Å²) in [7, 11) is -1.29. The third-order valence-corrected chi connectivity index (χ3v) is 4.58. The van der Waals surface area contributed by atoms with Gasteiger partial charge in [-0.15, -0.1) is 5.73 Å². The molecule has 0 fully saturated rings. The Labute approximate surface area is 121 Å². The highest BCUT2D eigenvalue weighted by Gasteiger charge is 2.30. The molecule has 1 N–H and O–H groups in total. The molecule has 5 heteroatoms. The summed E-state index contributed by atoms with van der Waals surface area (Å²) in [6, 6.07) is 3.92. The summed E-state index contributed by atoms with van der Waals surface area (Å²) in [5.74, 6) is 0.236. The molecule has 1 unspecified atom stereocenters. The summed E-state index contributed by atoms with van der Waals surface area (Å²) < 4.78 is 33.9. The van der Waals surface area contributed by atoms with Crippen molar-refractivity contribution in [2.24, 2.45) is 0 Å². The molecular weight excluding hydrogens is 277 g/mol. The van der Waals surface area contributed by atoms with Gasteiger partial charge in [0.15, 0.2) is 0 Å². The summed E-state index contributed by atoms with van der Waals surface area (Å²) >= 11 is 0. The molecule has 3 nitrogen and oxygen atoms in total. The molecule has 0 bridgehead atoms. The Morgan fingerprint density at radius 3 is 2.80 bits per heavy atom. The minimum atomic E-state index is -1.29. The lowest BCUT2D eigenvalue weighted by molar-refractivity contribution is 0.315. The minimum absolute atomic E-state index is 0.307. The van der Waals surface area contributed by atoms with E-state index in [9.17, 15) is 8.60 Å². The molecule has 1 aromatic rings. The van der Waals surface area contributed by atoms with Crippen molar-refractivity contribution in [2.75, 3.05) is 6.61 Å². The number of ether oxygens (including phenoxy) is 1. The van der Waals surface area contributed by atoms with E-state index in [-0.39, 0.29) is 5.82 Å². The lowest BCUT2D eigenvalue weighted by Gasteiger charge is -2.30. The molecule has 1 aromatic carbocycles. The highest BCUT2D eigenvalue weighted by atomic mass is 32.2. The van der Waals surface area contributed by atoms with Gasteiger partial charge in [-0.25, -0.2) is 13.3 Å².